The average molecular weight is 256 g/mol. The zero-order valence-corrected chi connectivity index (χ0v) is 10.6. The highest BCUT2D eigenvalue weighted by atomic mass is 16.5. The first-order chi connectivity index (χ1) is 8.58. The van der Waals surface area contributed by atoms with Gasteiger partial charge in [0.25, 0.3) is 0 Å². The Hall–Kier alpha value is -1.30. The van der Waals surface area contributed by atoms with Crippen molar-refractivity contribution in [1.82, 2.24) is 10.2 Å². The van der Waals surface area contributed by atoms with Crippen LogP contribution in [0.3, 0.4) is 0 Å². The second kappa shape index (κ2) is 5.56. The summed E-state index contributed by atoms with van der Waals surface area (Å²) in [6, 6.07) is -1.06. The van der Waals surface area contributed by atoms with E-state index in [-0.39, 0.29) is 18.7 Å². The summed E-state index contributed by atoms with van der Waals surface area (Å²) in [6.07, 6.45) is 3.47. The molecule has 2 unspecified atom stereocenters. The van der Waals surface area contributed by atoms with Crippen LogP contribution >= 0.6 is 0 Å². The van der Waals surface area contributed by atoms with Gasteiger partial charge in [-0.3, -0.25) is 0 Å². The molecule has 2 fully saturated rings. The van der Waals surface area contributed by atoms with E-state index in [0.29, 0.717) is 13.2 Å². The molecular formula is C12H20N2O4. The van der Waals surface area contributed by atoms with Crippen LogP contribution in [0.1, 0.15) is 26.2 Å². The number of ether oxygens (including phenoxy) is 1. The van der Waals surface area contributed by atoms with E-state index in [1.165, 1.54) is 17.7 Å². The predicted molar refractivity (Wildman–Crippen MR) is 64.3 cm³/mol. The lowest BCUT2D eigenvalue weighted by Gasteiger charge is -2.33. The molecule has 0 radical (unpaired) electrons. The van der Waals surface area contributed by atoms with Crippen molar-refractivity contribution in [1.29, 1.82) is 0 Å². The molecule has 1 heterocycles. The monoisotopic (exact) mass is 256 g/mol. The zero-order chi connectivity index (χ0) is 13.1. The van der Waals surface area contributed by atoms with Crippen molar-refractivity contribution in [2.24, 2.45) is 5.92 Å². The average Bonchev–Trinajstić information content (AvgIpc) is 3.12. The third-order valence-corrected chi connectivity index (χ3v) is 3.43. The molecule has 1 saturated carbocycles. The summed E-state index contributed by atoms with van der Waals surface area (Å²) in [6.45, 7) is 2.76. The summed E-state index contributed by atoms with van der Waals surface area (Å²) in [5.74, 6) is -0.278. The Morgan fingerprint density at radius 2 is 2.22 bits per heavy atom. The molecule has 0 aromatic carbocycles. The van der Waals surface area contributed by atoms with Crippen molar-refractivity contribution in [2.75, 3.05) is 19.8 Å². The molecule has 2 atom stereocenters. The number of nitrogens with one attached hydrogen (secondary N) is 1. The van der Waals surface area contributed by atoms with Crippen LogP contribution < -0.4 is 5.32 Å². The smallest absolute Gasteiger partial charge is 0.328 e. The first-order valence-corrected chi connectivity index (χ1v) is 6.45. The summed E-state index contributed by atoms with van der Waals surface area (Å²) >= 11 is 0. The van der Waals surface area contributed by atoms with E-state index in [2.05, 4.69) is 5.32 Å². The maximum absolute atomic E-state index is 12.0. The highest BCUT2D eigenvalue weighted by Gasteiger charge is 2.33. The van der Waals surface area contributed by atoms with Crippen molar-refractivity contribution in [3.05, 3.63) is 0 Å². The van der Waals surface area contributed by atoms with Crippen LogP contribution in [-0.2, 0) is 9.53 Å². The van der Waals surface area contributed by atoms with Gasteiger partial charge in [0.05, 0.1) is 13.2 Å². The van der Waals surface area contributed by atoms with Crippen molar-refractivity contribution < 1.29 is 19.4 Å². The minimum Gasteiger partial charge on any atom is -0.480 e. The summed E-state index contributed by atoms with van der Waals surface area (Å²) in [5.41, 5.74) is 0. The van der Waals surface area contributed by atoms with Crippen LogP contribution in [0.2, 0.25) is 0 Å². The summed E-state index contributed by atoms with van der Waals surface area (Å²) in [7, 11) is 0. The number of nitrogens with zero attached hydrogens (tertiary/aromatic N) is 1. The van der Waals surface area contributed by atoms with Gasteiger partial charge in [-0.05, 0) is 19.3 Å². The lowest BCUT2D eigenvalue weighted by molar-refractivity contribution is -0.147. The molecule has 0 aromatic rings. The molecule has 1 saturated heterocycles. The molecule has 6 nitrogen and oxygen atoms in total. The Bertz CT molecular complexity index is 330. The number of rotatable bonds is 4. The maximum atomic E-state index is 12.0. The van der Waals surface area contributed by atoms with Crippen molar-refractivity contribution in [3.8, 4) is 0 Å². The van der Waals surface area contributed by atoms with Gasteiger partial charge in [0.1, 0.15) is 0 Å². The van der Waals surface area contributed by atoms with E-state index >= 15 is 0 Å². The standard InChI is InChI=1S/C12H20N2O4/c1-8(6-9-2-3-9)13-12(17)14-4-5-18-7-10(14)11(15)16/h8-10H,2-7H2,1H3,(H,13,17)(H,15,16). The van der Waals surface area contributed by atoms with E-state index in [1.54, 1.807) is 0 Å². The molecule has 18 heavy (non-hydrogen) atoms. The fraction of sp³-hybridized carbons (Fsp3) is 0.833. The molecule has 1 aliphatic heterocycles. The number of urea groups is 1. The third-order valence-electron chi connectivity index (χ3n) is 3.43. The Morgan fingerprint density at radius 3 is 2.83 bits per heavy atom. The quantitative estimate of drug-likeness (QED) is 0.775. The highest BCUT2D eigenvalue weighted by Crippen LogP contribution is 2.33. The van der Waals surface area contributed by atoms with Crippen LogP contribution in [0.15, 0.2) is 0 Å². The van der Waals surface area contributed by atoms with Gasteiger partial charge in [-0.1, -0.05) is 12.8 Å². The summed E-state index contributed by atoms with van der Waals surface area (Å²) in [5, 5.41) is 11.9. The molecule has 2 N–H and O–H groups in total. The molecule has 6 heteroatoms. The molecule has 0 bridgehead atoms. The number of hydrogen-bond acceptors (Lipinski definition) is 3. The molecular weight excluding hydrogens is 236 g/mol. The van der Waals surface area contributed by atoms with E-state index in [4.69, 9.17) is 9.84 Å². The van der Waals surface area contributed by atoms with E-state index in [0.717, 1.165) is 12.3 Å². The molecule has 102 valence electrons. The van der Waals surface area contributed by atoms with Crippen LogP contribution in [0.5, 0.6) is 0 Å². The Labute approximate surface area is 106 Å². The summed E-state index contributed by atoms with van der Waals surface area (Å²) < 4.78 is 5.10. The van der Waals surface area contributed by atoms with Gasteiger partial charge in [0.2, 0.25) is 0 Å². The number of amides is 2. The Kier molecular flexibility index (Phi) is 4.06. The lowest BCUT2D eigenvalue weighted by atomic mass is 10.1. The SMILES string of the molecule is CC(CC1CC1)NC(=O)N1CCOCC1C(=O)O. The maximum Gasteiger partial charge on any atom is 0.328 e. The van der Waals surface area contributed by atoms with Crippen LogP contribution in [0, 0.1) is 5.92 Å². The predicted octanol–water partition coefficient (Wildman–Crippen LogP) is 0.670. The first kappa shape index (κ1) is 13.1. The van der Waals surface area contributed by atoms with Gasteiger partial charge in [0.15, 0.2) is 6.04 Å². The van der Waals surface area contributed by atoms with Gasteiger partial charge in [-0.2, -0.15) is 0 Å². The van der Waals surface area contributed by atoms with E-state index in [1.807, 2.05) is 6.92 Å². The molecule has 0 spiro atoms. The second-order valence-corrected chi connectivity index (χ2v) is 5.15. The Morgan fingerprint density at radius 1 is 1.50 bits per heavy atom. The first-order valence-electron chi connectivity index (χ1n) is 6.45. The summed E-state index contributed by atoms with van der Waals surface area (Å²) in [4.78, 5) is 24.4. The largest absolute Gasteiger partial charge is 0.480 e. The van der Waals surface area contributed by atoms with Crippen molar-refractivity contribution in [3.63, 3.8) is 0 Å². The van der Waals surface area contributed by atoms with Gasteiger partial charge in [-0.15, -0.1) is 0 Å². The minimum atomic E-state index is -1.01. The molecule has 2 aliphatic rings. The zero-order valence-electron chi connectivity index (χ0n) is 10.6. The van der Waals surface area contributed by atoms with Gasteiger partial charge in [0, 0.05) is 12.6 Å². The number of aliphatic carboxylic acids is 1. The molecule has 2 amide bonds. The van der Waals surface area contributed by atoms with Crippen LogP contribution in [-0.4, -0.2) is 53.8 Å². The number of hydrogen-bond donors (Lipinski definition) is 2. The van der Waals surface area contributed by atoms with Crippen molar-refractivity contribution in [2.45, 2.75) is 38.3 Å². The molecule has 2 rings (SSSR count). The highest BCUT2D eigenvalue weighted by molar-refractivity contribution is 5.83. The number of carboxylic acids is 1. The van der Waals surface area contributed by atoms with Gasteiger partial charge in [-0.25, -0.2) is 9.59 Å². The van der Waals surface area contributed by atoms with E-state index in [9.17, 15) is 9.59 Å². The number of carboxylic acid groups (broad SMARTS) is 1. The normalized spacial score (nSPS) is 25.6. The minimum absolute atomic E-state index is 0.0692. The van der Waals surface area contributed by atoms with Gasteiger partial charge < -0.3 is 20.1 Å². The number of carbonyl (C=O) groups is 2. The fourth-order valence-electron chi connectivity index (χ4n) is 2.26. The topological polar surface area (TPSA) is 78.9 Å². The lowest BCUT2D eigenvalue weighted by Crippen LogP contribution is -2.56. The molecule has 0 aromatic heterocycles. The van der Waals surface area contributed by atoms with Crippen molar-refractivity contribution >= 4 is 12.0 Å². The van der Waals surface area contributed by atoms with Crippen LogP contribution in [0.25, 0.3) is 0 Å². The number of morpholine rings is 1. The third kappa shape index (κ3) is 3.35. The second-order valence-electron chi connectivity index (χ2n) is 5.15. The molecule has 1 aliphatic carbocycles. The van der Waals surface area contributed by atoms with E-state index < -0.39 is 12.0 Å². The fourth-order valence-corrected chi connectivity index (χ4v) is 2.26. The van der Waals surface area contributed by atoms with Crippen LogP contribution in [0.4, 0.5) is 4.79 Å². The Balaban J connectivity index is 1.86. The van der Waals surface area contributed by atoms with Gasteiger partial charge >= 0.3 is 12.0 Å². The number of carbonyl (C=O) groups excluding carboxylic acids is 1.